The molecule has 0 saturated heterocycles. The molecule has 28 heavy (non-hydrogen) atoms. The quantitative estimate of drug-likeness (QED) is 0.618. The average molecular weight is 438 g/mol. The van der Waals surface area contributed by atoms with Gasteiger partial charge < -0.3 is 10.6 Å². The van der Waals surface area contributed by atoms with Gasteiger partial charge in [0.2, 0.25) is 0 Å². The maximum Gasteiger partial charge on any atom is 0.274 e. The highest BCUT2D eigenvalue weighted by atomic mass is 35.5. The highest BCUT2D eigenvalue weighted by Crippen LogP contribution is 2.31. The number of halogens is 3. The maximum atomic E-state index is 13.1. The SMILES string of the molecule is CNC(=O)c1cc(Cl)cc(C)c1NC(=O)c1c(Cl)cc(Cl)n1-c1ccccn1. The molecule has 6 nitrogen and oxygen atoms in total. The molecule has 2 heterocycles. The molecule has 2 amide bonds. The molecular formula is C19H15Cl3N4O2. The van der Waals surface area contributed by atoms with Crippen LogP contribution in [0.15, 0.2) is 42.6 Å². The molecule has 2 N–H and O–H groups in total. The number of nitrogens with zero attached hydrogens (tertiary/aromatic N) is 2. The Labute approximate surface area is 176 Å². The number of aromatic nitrogens is 2. The molecule has 0 spiro atoms. The van der Waals surface area contributed by atoms with Gasteiger partial charge in [0.15, 0.2) is 0 Å². The first-order valence-corrected chi connectivity index (χ1v) is 9.28. The van der Waals surface area contributed by atoms with Gasteiger partial charge in [0, 0.05) is 18.3 Å². The van der Waals surface area contributed by atoms with E-state index < -0.39 is 5.91 Å². The molecule has 0 aliphatic rings. The zero-order valence-corrected chi connectivity index (χ0v) is 17.2. The van der Waals surface area contributed by atoms with Crippen molar-refractivity contribution in [3.8, 4) is 5.82 Å². The first-order chi connectivity index (χ1) is 13.3. The van der Waals surface area contributed by atoms with Gasteiger partial charge in [-0.25, -0.2) is 4.98 Å². The highest BCUT2D eigenvalue weighted by molar-refractivity contribution is 6.38. The molecule has 144 valence electrons. The van der Waals surface area contributed by atoms with Crippen LogP contribution >= 0.6 is 34.8 Å². The smallest absolute Gasteiger partial charge is 0.274 e. The largest absolute Gasteiger partial charge is 0.355 e. The summed E-state index contributed by atoms with van der Waals surface area (Å²) in [4.78, 5) is 29.5. The van der Waals surface area contributed by atoms with Gasteiger partial charge in [0.1, 0.15) is 16.7 Å². The first-order valence-electron chi connectivity index (χ1n) is 8.15. The van der Waals surface area contributed by atoms with Crippen molar-refractivity contribution in [1.29, 1.82) is 0 Å². The van der Waals surface area contributed by atoms with Crippen LogP contribution in [-0.4, -0.2) is 28.4 Å². The van der Waals surface area contributed by atoms with Gasteiger partial charge in [-0.05, 0) is 42.8 Å². The zero-order valence-electron chi connectivity index (χ0n) is 14.9. The fourth-order valence-corrected chi connectivity index (χ4v) is 3.65. The van der Waals surface area contributed by atoms with Crippen molar-refractivity contribution < 1.29 is 9.59 Å². The van der Waals surface area contributed by atoms with Gasteiger partial charge in [-0.2, -0.15) is 0 Å². The number of pyridine rings is 1. The van der Waals surface area contributed by atoms with Gasteiger partial charge >= 0.3 is 0 Å². The Balaban J connectivity index is 2.08. The minimum absolute atomic E-state index is 0.0996. The van der Waals surface area contributed by atoms with E-state index in [0.717, 1.165) is 0 Å². The van der Waals surface area contributed by atoms with Crippen molar-refractivity contribution in [3.63, 3.8) is 0 Å². The fraction of sp³-hybridized carbons (Fsp3) is 0.105. The summed E-state index contributed by atoms with van der Waals surface area (Å²) in [5.74, 6) is -0.493. The van der Waals surface area contributed by atoms with Crippen LogP contribution in [0.4, 0.5) is 5.69 Å². The van der Waals surface area contributed by atoms with Crippen LogP contribution in [0.1, 0.15) is 26.4 Å². The summed E-state index contributed by atoms with van der Waals surface area (Å²) < 4.78 is 1.43. The van der Waals surface area contributed by atoms with E-state index in [9.17, 15) is 9.59 Å². The van der Waals surface area contributed by atoms with Crippen LogP contribution in [0.3, 0.4) is 0 Å². The summed E-state index contributed by atoms with van der Waals surface area (Å²) in [6, 6.07) is 9.80. The van der Waals surface area contributed by atoms with E-state index in [1.807, 2.05) is 0 Å². The van der Waals surface area contributed by atoms with E-state index in [1.54, 1.807) is 37.4 Å². The van der Waals surface area contributed by atoms with E-state index in [4.69, 9.17) is 34.8 Å². The van der Waals surface area contributed by atoms with E-state index in [1.165, 1.54) is 23.7 Å². The number of hydrogen-bond donors (Lipinski definition) is 2. The van der Waals surface area contributed by atoms with Gasteiger partial charge in [-0.3, -0.25) is 14.2 Å². The summed E-state index contributed by atoms with van der Waals surface area (Å²) >= 11 is 18.6. The predicted molar refractivity (Wildman–Crippen MR) is 111 cm³/mol. The van der Waals surface area contributed by atoms with Crippen LogP contribution in [0.5, 0.6) is 0 Å². The van der Waals surface area contributed by atoms with Crippen molar-refractivity contribution in [1.82, 2.24) is 14.9 Å². The van der Waals surface area contributed by atoms with E-state index in [2.05, 4.69) is 15.6 Å². The lowest BCUT2D eigenvalue weighted by Crippen LogP contribution is -2.23. The first kappa shape index (κ1) is 20.2. The molecule has 0 bridgehead atoms. The zero-order chi connectivity index (χ0) is 20.4. The van der Waals surface area contributed by atoms with Crippen LogP contribution < -0.4 is 10.6 Å². The third kappa shape index (κ3) is 3.85. The fourth-order valence-electron chi connectivity index (χ4n) is 2.77. The highest BCUT2D eigenvalue weighted by Gasteiger charge is 2.24. The minimum Gasteiger partial charge on any atom is -0.355 e. The van der Waals surface area contributed by atoms with E-state index in [0.29, 0.717) is 22.1 Å². The second-order valence-corrected chi connectivity index (χ2v) is 7.10. The molecule has 3 aromatic rings. The normalized spacial score (nSPS) is 10.6. The topological polar surface area (TPSA) is 76.0 Å². The molecule has 0 aliphatic heterocycles. The standard InChI is InChI=1S/C19H15Cl3N4O2/c1-10-7-11(20)8-12(18(27)23-2)16(10)25-19(28)17-13(21)9-14(22)26(17)15-5-3-4-6-24-15/h3-9H,1-2H3,(H,23,27)(H,25,28). The van der Waals surface area contributed by atoms with Crippen molar-refractivity contribution in [2.24, 2.45) is 0 Å². The Kier molecular flexibility index (Phi) is 5.93. The maximum absolute atomic E-state index is 13.1. The molecule has 3 rings (SSSR count). The summed E-state index contributed by atoms with van der Waals surface area (Å²) in [5.41, 5.74) is 1.29. The number of nitrogens with one attached hydrogen (secondary N) is 2. The molecule has 9 heteroatoms. The molecule has 0 atom stereocenters. The van der Waals surface area contributed by atoms with E-state index in [-0.39, 0.29) is 27.3 Å². The van der Waals surface area contributed by atoms with Crippen molar-refractivity contribution in [2.75, 3.05) is 12.4 Å². The second-order valence-electron chi connectivity index (χ2n) is 5.87. The van der Waals surface area contributed by atoms with Gasteiger partial charge in [0.05, 0.1) is 16.3 Å². The molecule has 0 aliphatic carbocycles. The lowest BCUT2D eigenvalue weighted by molar-refractivity contribution is 0.0964. The number of carbonyl (C=O) groups excluding carboxylic acids is 2. The van der Waals surface area contributed by atoms with Gasteiger partial charge in [-0.1, -0.05) is 40.9 Å². The molecule has 0 unspecified atom stereocenters. The number of anilines is 1. The Morgan fingerprint density at radius 2 is 1.82 bits per heavy atom. The lowest BCUT2D eigenvalue weighted by Gasteiger charge is -2.15. The van der Waals surface area contributed by atoms with Crippen LogP contribution in [-0.2, 0) is 0 Å². The molecule has 1 aromatic carbocycles. The monoisotopic (exact) mass is 436 g/mol. The molecular weight excluding hydrogens is 423 g/mol. The number of hydrogen-bond acceptors (Lipinski definition) is 3. The number of aryl methyl sites for hydroxylation is 1. The van der Waals surface area contributed by atoms with Crippen LogP contribution in [0, 0.1) is 6.92 Å². The molecule has 0 saturated carbocycles. The summed E-state index contributed by atoms with van der Waals surface area (Å²) in [5, 5.41) is 6.05. The molecule has 0 radical (unpaired) electrons. The Morgan fingerprint density at radius 3 is 2.46 bits per heavy atom. The van der Waals surface area contributed by atoms with Crippen molar-refractivity contribution in [2.45, 2.75) is 6.92 Å². The van der Waals surface area contributed by atoms with E-state index >= 15 is 0 Å². The number of benzene rings is 1. The Bertz CT molecular complexity index is 1060. The number of carbonyl (C=O) groups is 2. The van der Waals surface area contributed by atoms with Crippen LogP contribution in [0.25, 0.3) is 5.82 Å². The lowest BCUT2D eigenvalue weighted by atomic mass is 10.1. The number of amides is 2. The minimum atomic E-state index is -0.543. The molecule has 0 fully saturated rings. The van der Waals surface area contributed by atoms with Crippen LogP contribution in [0.2, 0.25) is 15.2 Å². The summed E-state index contributed by atoms with van der Waals surface area (Å²) in [6.45, 7) is 1.74. The van der Waals surface area contributed by atoms with Gasteiger partial charge in [0.25, 0.3) is 11.8 Å². The third-order valence-electron chi connectivity index (χ3n) is 4.01. The van der Waals surface area contributed by atoms with Gasteiger partial charge in [-0.15, -0.1) is 0 Å². The Hall–Kier alpha value is -2.54. The average Bonchev–Trinajstić information content (AvgIpc) is 2.97. The summed E-state index contributed by atoms with van der Waals surface area (Å²) in [7, 11) is 1.49. The second kappa shape index (κ2) is 8.22. The molecule has 2 aromatic heterocycles. The predicted octanol–water partition coefficient (Wildman–Crippen LogP) is 4.75. The van der Waals surface area contributed by atoms with Crippen molar-refractivity contribution in [3.05, 3.63) is 74.6 Å². The number of rotatable bonds is 4. The Morgan fingerprint density at radius 1 is 1.07 bits per heavy atom. The summed E-state index contributed by atoms with van der Waals surface area (Å²) in [6.07, 6.45) is 1.58. The third-order valence-corrected chi connectivity index (χ3v) is 4.80. The van der Waals surface area contributed by atoms with Crippen molar-refractivity contribution >= 4 is 52.3 Å².